The maximum Gasteiger partial charge on any atom is 0.322 e. The predicted octanol–water partition coefficient (Wildman–Crippen LogP) is 3.14. The first-order chi connectivity index (χ1) is 10.2. The Morgan fingerprint density at radius 2 is 2.10 bits per heavy atom. The van der Waals surface area contributed by atoms with Gasteiger partial charge in [-0.15, -0.1) is 0 Å². The minimum Gasteiger partial charge on any atom is -0.316 e. The molecule has 1 saturated heterocycles. The van der Waals surface area contributed by atoms with E-state index in [0.29, 0.717) is 0 Å². The monoisotopic (exact) mass is 287 g/mol. The molecule has 1 heterocycles. The molecule has 2 amide bonds. The van der Waals surface area contributed by atoms with Crippen molar-refractivity contribution in [2.24, 2.45) is 0 Å². The number of amides is 2. The molecule has 1 spiro atoms. The minimum atomic E-state index is 0.0322. The summed E-state index contributed by atoms with van der Waals surface area (Å²) in [6, 6.07) is 8.07. The number of nitrogens with one attached hydrogen (secondary N) is 2. The van der Waals surface area contributed by atoms with Crippen LogP contribution in [0.15, 0.2) is 24.3 Å². The minimum absolute atomic E-state index is 0.0322. The van der Waals surface area contributed by atoms with Gasteiger partial charge in [0, 0.05) is 25.3 Å². The van der Waals surface area contributed by atoms with Gasteiger partial charge in [0.15, 0.2) is 0 Å². The van der Waals surface area contributed by atoms with E-state index in [0.717, 1.165) is 38.2 Å². The SMILES string of the molecule is Cc1cccc(NC(=O)N2CCNCC23CCCCC3)c1. The van der Waals surface area contributed by atoms with Gasteiger partial charge in [-0.25, -0.2) is 4.79 Å². The molecule has 1 aromatic rings. The summed E-state index contributed by atoms with van der Waals surface area (Å²) >= 11 is 0. The summed E-state index contributed by atoms with van der Waals surface area (Å²) in [5.41, 5.74) is 2.09. The van der Waals surface area contributed by atoms with Crippen molar-refractivity contribution >= 4 is 11.7 Å². The third-order valence-electron chi connectivity index (χ3n) is 4.84. The second-order valence-corrected chi connectivity index (χ2v) is 6.41. The molecule has 0 bridgehead atoms. The first kappa shape index (κ1) is 14.4. The highest BCUT2D eigenvalue weighted by molar-refractivity contribution is 5.90. The van der Waals surface area contributed by atoms with E-state index >= 15 is 0 Å². The van der Waals surface area contributed by atoms with Gasteiger partial charge < -0.3 is 15.5 Å². The Balaban J connectivity index is 1.75. The molecule has 114 valence electrons. The van der Waals surface area contributed by atoms with Gasteiger partial charge in [0.25, 0.3) is 0 Å². The summed E-state index contributed by atoms with van der Waals surface area (Å²) in [6.45, 7) is 4.68. The largest absolute Gasteiger partial charge is 0.322 e. The van der Waals surface area contributed by atoms with Crippen LogP contribution in [0.1, 0.15) is 37.7 Å². The van der Waals surface area contributed by atoms with Crippen LogP contribution in [-0.2, 0) is 0 Å². The van der Waals surface area contributed by atoms with E-state index in [9.17, 15) is 4.79 Å². The number of hydrogen-bond acceptors (Lipinski definition) is 2. The van der Waals surface area contributed by atoms with Gasteiger partial charge in [0.1, 0.15) is 0 Å². The predicted molar refractivity (Wildman–Crippen MR) is 85.6 cm³/mol. The van der Waals surface area contributed by atoms with Gasteiger partial charge in [-0.3, -0.25) is 0 Å². The Labute approximate surface area is 126 Å². The molecule has 2 N–H and O–H groups in total. The van der Waals surface area contributed by atoms with E-state index in [1.54, 1.807) is 0 Å². The van der Waals surface area contributed by atoms with E-state index in [2.05, 4.69) is 15.5 Å². The van der Waals surface area contributed by atoms with E-state index in [1.165, 1.54) is 24.8 Å². The van der Waals surface area contributed by atoms with Crippen molar-refractivity contribution in [1.29, 1.82) is 0 Å². The lowest BCUT2D eigenvalue weighted by Gasteiger charge is -2.49. The fourth-order valence-electron chi connectivity index (χ4n) is 3.73. The van der Waals surface area contributed by atoms with Crippen molar-refractivity contribution in [3.8, 4) is 0 Å². The molecule has 1 aliphatic heterocycles. The third kappa shape index (κ3) is 3.05. The summed E-state index contributed by atoms with van der Waals surface area (Å²) in [7, 11) is 0. The number of carbonyl (C=O) groups is 1. The molecule has 1 aromatic carbocycles. The summed E-state index contributed by atoms with van der Waals surface area (Å²) in [6.07, 6.45) is 6.02. The van der Waals surface area contributed by atoms with E-state index in [-0.39, 0.29) is 11.6 Å². The highest BCUT2D eigenvalue weighted by Crippen LogP contribution is 2.35. The molecular formula is C17H25N3O. The molecule has 0 unspecified atom stereocenters. The van der Waals surface area contributed by atoms with Crippen LogP contribution in [0.4, 0.5) is 10.5 Å². The van der Waals surface area contributed by atoms with Crippen molar-refractivity contribution < 1.29 is 4.79 Å². The van der Waals surface area contributed by atoms with Crippen LogP contribution in [0.3, 0.4) is 0 Å². The number of rotatable bonds is 1. The van der Waals surface area contributed by atoms with Crippen LogP contribution in [0.5, 0.6) is 0 Å². The Morgan fingerprint density at radius 1 is 1.29 bits per heavy atom. The first-order valence-electron chi connectivity index (χ1n) is 8.06. The number of urea groups is 1. The Bertz CT molecular complexity index is 500. The van der Waals surface area contributed by atoms with E-state index < -0.39 is 0 Å². The van der Waals surface area contributed by atoms with Crippen molar-refractivity contribution in [3.05, 3.63) is 29.8 Å². The molecule has 3 rings (SSSR count). The van der Waals surface area contributed by atoms with E-state index in [4.69, 9.17) is 0 Å². The zero-order chi connectivity index (χ0) is 14.7. The molecule has 2 fully saturated rings. The number of anilines is 1. The quantitative estimate of drug-likeness (QED) is 0.833. The van der Waals surface area contributed by atoms with Gasteiger partial charge in [-0.05, 0) is 37.5 Å². The Morgan fingerprint density at radius 3 is 2.86 bits per heavy atom. The highest BCUT2D eigenvalue weighted by atomic mass is 16.2. The molecule has 1 aliphatic carbocycles. The molecule has 0 aromatic heterocycles. The van der Waals surface area contributed by atoms with Crippen LogP contribution in [0.2, 0.25) is 0 Å². The molecule has 1 saturated carbocycles. The molecule has 4 nitrogen and oxygen atoms in total. The molecule has 2 aliphatic rings. The van der Waals surface area contributed by atoms with Gasteiger partial charge in [-0.1, -0.05) is 31.4 Å². The number of nitrogens with zero attached hydrogens (tertiary/aromatic N) is 1. The number of carbonyl (C=O) groups excluding carboxylic acids is 1. The van der Waals surface area contributed by atoms with Crippen molar-refractivity contribution in [2.75, 3.05) is 25.0 Å². The summed E-state index contributed by atoms with van der Waals surface area (Å²) < 4.78 is 0. The lowest BCUT2D eigenvalue weighted by molar-refractivity contribution is 0.0634. The van der Waals surface area contributed by atoms with Gasteiger partial charge in [0.2, 0.25) is 0 Å². The third-order valence-corrected chi connectivity index (χ3v) is 4.84. The van der Waals surface area contributed by atoms with Crippen molar-refractivity contribution in [3.63, 3.8) is 0 Å². The molecule has 21 heavy (non-hydrogen) atoms. The zero-order valence-electron chi connectivity index (χ0n) is 12.8. The maximum atomic E-state index is 12.7. The lowest BCUT2D eigenvalue weighted by Crippen LogP contribution is -2.64. The Hall–Kier alpha value is -1.55. The average Bonchev–Trinajstić information content (AvgIpc) is 2.48. The molecule has 0 radical (unpaired) electrons. The van der Waals surface area contributed by atoms with E-state index in [1.807, 2.05) is 31.2 Å². The van der Waals surface area contributed by atoms with Crippen LogP contribution < -0.4 is 10.6 Å². The van der Waals surface area contributed by atoms with Crippen molar-refractivity contribution in [2.45, 2.75) is 44.6 Å². The van der Waals surface area contributed by atoms with Crippen LogP contribution in [0.25, 0.3) is 0 Å². The topological polar surface area (TPSA) is 44.4 Å². The highest BCUT2D eigenvalue weighted by Gasteiger charge is 2.42. The number of aryl methyl sites for hydroxylation is 1. The van der Waals surface area contributed by atoms with Crippen LogP contribution >= 0.6 is 0 Å². The van der Waals surface area contributed by atoms with Crippen LogP contribution in [0, 0.1) is 6.92 Å². The second-order valence-electron chi connectivity index (χ2n) is 6.41. The summed E-state index contributed by atoms with van der Waals surface area (Å²) in [5.74, 6) is 0. The number of benzene rings is 1. The molecular weight excluding hydrogens is 262 g/mol. The Kier molecular flexibility index (Phi) is 4.15. The van der Waals surface area contributed by atoms with Crippen molar-refractivity contribution in [1.82, 2.24) is 10.2 Å². The summed E-state index contributed by atoms with van der Waals surface area (Å²) in [5, 5.41) is 6.56. The first-order valence-corrected chi connectivity index (χ1v) is 8.06. The molecule has 0 atom stereocenters. The molecule has 4 heteroatoms. The normalized spacial score (nSPS) is 21.3. The number of piperazine rings is 1. The smallest absolute Gasteiger partial charge is 0.316 e. The standard InChI is InChI=1S/C17H25N3O/c1-14-6-5-7-15(12-14)19-16(21)20-11-10-18-13-17(20)8-3-2-4-9-17/h5-7,12,18H,2-4,8-11,13H2,1H3,(H,19,21). The van der Waals surface area contributed by atoms with Gasteiger partial charge >= 0.3 is 6.03 Å². The fraction of sp³-hybridized carbons (Fsp3) is 0.588. The van der Waals surface area contributed by atoms with Gasteiger partial charge in [0.05, 0.1) is 5.54 Å². The van der Waals surface area contributed by atoms with Crippen LogP contribution in [-0.4, -0.2) is 36.1 Å². The number of hydrogen-bond donors (Lipinski definition) is 2. The average molecular weight is 287 g/mol. The van der Waals surface area contributed by atoms with Gasteiger partial charge in [-0.2, -0.15) is 0 Å². The second kappa shape index (κ2) is 6.06. The summed E-state index contributed by atoms with van der Waals surface area (Å²) in [4.78, 5) is 14.8. The zero-order valence-corrected chi connectivity index (χ0v) is 12.8. The fourth-order valence-corrected chi connectivity index (χ4v) is 3.73. The maximum absolute atomic E-state index is 12.7. The lowest BCUT2D eigenvalue weighted by atomic mass is 9.79.